The van der Waals surface area contributed by atoms with Gasteiger partial charge in [0.2, 0.25) is 5.24 Å². The van der Waals surface area contributed by atoms with E-state index in [4.69, 9.17) is 21.1 Å². The Hall–Kier alpha value is -2.00. The first-order valence-electron chi connectivity index (χ1n) is 7.28. The van der Waals surface area contributed by atoms with Crippen LogP contribution >= 0.6 is 11.6 Å². The summed E-state index contributed by atoms with van der Waals surface area (Å²) in [5.41, 5.74) is 3.09. The summed E-state index contributed by atoms with van der Waals surface area (Å²) in [6.45, 7) is 3.13. The fraction of sp³-hybridized carbons (Fsp3) is 0.278. The van der Waals surface area contributed by atoms with Gasteiger partial charge in [-0.1, -0.05) is 35.9 Å². The molecule has 2 aromatic carbocycles. The van der Waals surface area contributed by atoms with Crippen molar-refractivity contribution in [3.8, 4) is 11.5 Å². The van der Waals surface area contributed by atoms with Crippen molar-refractivity contribution in [2.75, 3.05) is 13.2 Å². The third kappa shape index (κ3) is 3.25. The molecule has 1 unspecified atom stereocenters. The monoisotopic (exact) mass is 316 g/mol. The van der Waals surface area contributed by atoms with Crippen LogP contribution in [0.25, 0.3) is 0 Å². The van der Waals surface area contributed by atoms with Crippen molar-refractivity contribution in [2.45, 2.75) is 19.3 Å². The molecule has 3 nitrogen and oxygen atoms in total. The van der Waals surface area contributed by atoms with Crippen LogP contribution in [0.5, 0.6) is 11.5 Å². The summed E-state index contributed by atoms with van der Waals surface area (Å²) >= 11 is 5.82. The summed E-state index contributed by atoms with van der Waals surface area (Å²) in [6, 6.07) is 13.7. The van der Waals surface area contributed by atoms with Crippen LogP contribution in [0.4, 0.5) is 0 Å². The number of benzene rings is 2. The normalized spacial score (nSPS) is 14.5. The average molecular weight is 317 g/mol. The predicted molar refractivity (Wildman–Crippen MR) is 85.9 cm³/mol. The van der Waals surface area contributed by atoms with Crippen molar-refractivity contribution < 1.29 is 14.3 Å². The van der Waals surface area contributed by atoms with E-state index in [9.17, 15) is 4.79 Å². The van der Waals surface area contributed by atoms with Crippen molar-refractivity contribution in [1.29, 1.82) is 0 Å². The number of ether oxygens (including phenoxy) is 2. The van der Waals surface area contributed by atoms with Gasteiger partial charge < -0.3 is 9.47 Å². The maximum atomic E-state index is 11.8. The molecule has 0 saturated carbocycles. The van der Waals surface area contributed by atoms with Crippen LogP contribution in [0.3, 0.4) is 0 Å². The summed E-state index contributed by atoms with van der Waals surface area (Å²) in [5, 5.41) is -0.348. The molecule has 0 fully saturated rings. The lowest BCUT2D eigenvalue weighted by molar-refractivity contribution is -0.113. The highest BCUT2D eigenvalue weighted by molar-refractivity contribution is 6.64. The number of rotatable bonds is 4. The predicted octanol–water partition coefficient (Wildman–Crippen LogP) is 3.86. The molecule has 1 aliphatic rings. The van der Waals surface area contributed by atoms with Gasteiger partial charge in [-0.15, -0.1) is 0 Å². The van der Waals surface area contributed by atoms with E-state index in [1.807, 2.05) is 49.4 Å². The van der Waals surface area contributed by atoms with E-state index in [-0.39, 0.29) is 11.2 Å². The van der Waals surface area contributed by atoms with Crippen molar-refractivity contribution in [3.05, 3.63) is 59.2 Å². The number of fused-ring (bicyclic) bond motifs is 1. The fourth-order valence-electron chi connectivity index (χ4n) is 2.58. The Morgan fingerprint density at radius 3 is 2.45 bits per heavy atom. The smallest absolute Gasteiger partial charge is 0.229 e. The van der Waals surface area contributed by atoms with Crippen LogP contribution in [0.15, 0.2) is 42.5 Å². The van der Waals surface area contributed by atoms with Crippen LogP contribution in [0.1, 0.15) is 22.6 Å². The van der Waals surface area contributed by atoms with Crippen molar-refractivity contribution in [1.82, 2.24) is 0 Å². The Bertz CT molecular complexity index is 679. The minimum Gasteiger partial charge on any atom is -0.486 e. The van der Waals surface area contributed by atoms with Crippen LogP contribution in [-0.4, -0.2) is 18.5 Å². The summed E-state index contributed by atoms with van der Waals surface area (Å²) < 4.78 is 11.1. The summed E-state index contributed by atoms with van der Waals surface area (Å²) in [7, 11) is 0. The van der Waals surface area contributed by atoms with Gasteiger partial charge in [-0.05, 0) is 48.2 Å². The largest absolute Gasteiger partial charge is 0.486 e. The second kappa shape index (κ2) is 6.41. The lowest BCUT2D eigenvalue weighted by Crippen LogP contribution is -2.16. The van der Waals surface area contributed by atoms with Crippen LogP contribution < -0.4 is 9.47 Å². The van der Waals surface area contributed by atoms with Crippen molar-refractivity contribution in [3.63, 3.8) is 0 Å². The molecule has 0 radical (unpaired) electrons. The molecule has 0 saturated heterocycles. The van der Waals surface area contributed by atoms with E-state index in [0.717, 1.165) is 28.2 Å². The summed E-state index contributed by atoms with van der Waals surface area (Å²) in [6.07, 6.45) is 0.544. The molecule has 2 aromatic rings. The molecule has 1 heterocycles. The molecule has 3 rings (SSSR count). The molecule has 4 heteroatoms. The molecule has 1 atom stereocenters. The Morgan fingerprint density at radius 1 is 1.09 bits per heavy atom. The highest BCUT2D eigenvalue weighted by atomic mass is 35.5. The van der Waals surface area contributed by atoms with Gasteiger partial charge >= 0.3 is 0 Å². The number of aryl methyl sites for hydroxylation is 1. The zero-order valence-electron chi connectivity index (χ0n) is 12.3. The molecule has 0 spiro atoms. The maximum Gasteiger partial charge on any atom is 0.229 e. The first-order chi connectivity index (χ1) is 10.6. The van der Waals surface area contributed by atoms with Crippen molar-refractivity contribution in [2.24, 2.45) is 0 Å². The lowest BCUT2D eigenvalue weighted by Gasteiger charge is -2.20. The number of hydrogen-bond donors (Lipinski definition) is 0. The molecular weight excluding hydrogens is 300 g/mol. The van der Waals surface area contributed by atoms with E-state index in [2.05, 4.69) is 0 Å². The van der Waals surface area contributed by atoms with Gasteiger partial charge in [0, 0.05) is 0 Å². The molecular formula is C18H17ClO3. The van der Waals surface area contributed by atoms with E-state index in [1.54, 1.807) is 0 Å². The second-order valence-corrected chi connectivity index (χ2v) is 5.82. The average Bonchev–Trinajstić information content (AvgIpc) is 2.53. The van der Waals surface area contributed by atoms with Gasteiger partial charge in [0.25, 0.3) is 0 Å². The molecule has 0 aromatic heterocycles. The minimum absolute atomic E-state index is 0.348. The van der Waals surface area contributed by atoms with Crippen molar-refractivity contribution >= 4 is 16.8 Å². The first kappa shape index (κ1) is 14.9. The van der Waals surface area contributed by atoms with Crippen LogP contribution in [0.2, 0.25) is 0 Å². The minimum atomic E-state index is -0.357. The molecule has 0 amide bonds. The third-order valence-corrected chi connectivity index (χ3v) is 4.06. The Balaban J connectivity index is 1.85. The Labute approximate surface area is 134 Å². The van der Waals surface area contributed by atoms with E-state index >= 15 is 0 Å². The number of carbonyl (C=O) groups excluding carboxylic acids is 1. The molecule has 114 valence electrons. The lowest BCUT2D eigenvalue weighted by atomic mass is 9.92. The highest BCUT2D eigenvalue weighted by Gasteiger charge is 2.20. The third-order valence-electron chi connectivity index (χ3n) is 3.80. The standard InChI is InChI=1S/C18H17ClO3/c1-12-2-5-14(6-3-12)15(18(19)20)10-13-4-7-16-17(11-13)22-9-8-21-16/h2-7,11,15H,8-10H2,1H3. The van der Waals surface area contributed by atoms with Gasteiger partial charge in [-0.2, -0.15) is 0 Å². The zero-order valence-corrected chi connectivity index (χ0v) is 13.1. The summed E-state index contributed by atoms with van der Waals surface area (Å²) in [5.74, 6) is 1.12. The van der Waals surface area contributed by atoms with Crippen LogP contribution in [-0.2, 0) is 11.2 Å². The van der Waals surface area contributed by atoms with Crippen LogP contribution in [0, 0.1) is 6.92 Å². The fourth-order valence-corrected chi connectivity index (χ4v) is 2.78. The van der Waals surface area contributed by atoms with E-state index in [1.165, 1.54) is 0 Å². The molecule has 0 bridgehead atoms. The van der Waals surface area contributed by atoms with E-state index in [0.29, 0.717) is 19.6 Å². The highest BCUT2D eigenvalue weighted by Crippen LogP contribution is 2.33. The van der Waals surface area contributed by atoms with Gasteiger partial charge in [0.1, 0.15) is 13.2 Å². The number of carbonyl (C=O) groups is 1. The molecule has 0 N–H and O–H groups in total. The zero-order chi connectivity index (χ0) is 15.5. The topological polar surface area (TPSA) is 35.5 Å². The Kier molecular flexibility index (Phi) is 4.34. The molecule has 22 heavy (non-hydrogen) atoms. The first-order valence-corrected chi connectivity index (χ1v) is 7.66. The second-order valence-electron chi connectivity index (χ2n) is 5.45. The molecule has 1 aliphatic heterocycles. The number of halogens is 1. The number of hydrogen-bond acceptors (Lipinski definition) is 3. The van der Waals surface area contributed by atoms with E-state index < -0.39 is 0 Å². The maximum absolute atomic E-state index is 11.8. The van der Waals surface area contributed by atoms with Gasteiger partial charge in [-0.3, -0.25) is 4.79 Å². The SMILES string of the molecule is Cc1ccc(C(Cc2ccc3c(c2)OCCO3)C(=O)Cl)cc1. The van der Waals surface area contributed by atoms with Gasteiger partial charge in [-0.25, -0.2) is 0 Å². The van der Waals surface area contributed by atoms with Gasteiger partial charge in [0.15, 0.2) is 11.5 Å². The molecule has 0 aliphatic carbocycles. The van der Waals surface area contributed by atoms with Gasteiger partial charge in [0.05, 0.1) is 5.92 Å². The quantitative estimate of drug-likeness (QED) is 0.804. The summed E-state index contributed by atoms with van der Waals surface area (Å²) in [4.78, 5) is 11.8. The Morgan fingerprint density at radius 2 is 1.77 bits per heavy atom.